The molecule has 0 N–H and O–H groups in total. The molecule has 0 saturated heterocycles. The number of hydrogen-bond donors (Lipinski definition) is 0. The highest BCUT2D eigenvalue weighted by atomic mass is 15.1. The summed E-state index contributed by atoms with van der Waals surface area (Å²) in [4.78, 5) is 2.30. The molecule has 2 heteroatoms. The lowest BCUT2D eigenvalue weighted by Gasteiger charge is -2.26. The van der Waals surface area contributed by atoms with Crippen LogP contribution >= 0.6 is 0 Å². The second-order valence-corrected chi connectivity index (χ2v) is 11.9. The summed E-state index contributed by atoms with van der Waals surface area (Å²) >= 11 is 0. The first kappa shape index (κ1) is 28.4. The number of anilines is 3. The highest BCUT2D eigenvalue weighted by Gasteiger charge is 2.15. The van der Waals surface area contributed by atoms with Gasteiger partial charge >= 0.3 is 0 Å². The van der Waals surface area contributed by atoms with Crippen molar-refractivity contribution in [2.24, 2.45) is 0 Å². The molecule has 0 fully saturated rings. The minimum atomic E-state index is 1.09. The summed E-state index contributed by atoms with van der Waals surface area (Å²) in [6.07, 6.45) is 6.11. The van der Waals surface area contributed by atoms with Gasteiger partial charge in [-0.15, -0.1) is 0 Å². The molecule has 0 saturated carbocycles. The first-order valence-electron chi connectivity index (χ1n) is 16.1. The van der Waals surface area contributed by atoms with Crippen LogP contribution in [-0.2, 0) is 0 Å². The standard InChI is InChI=1S/C45H34N2/c1-3-12-33-23-28-41(29-32(33)4-2)46(38-15-6-5-7-16-38)39-24-19-34(20-25-39)35-21-26-40(27-22-35)47-44-18-11-10-17-42(44)43-30-36-13-8-9-14-37(36)31-45(43)47/h3-31H,2H2,1H3/b12-3-. The molecule has 0 aliphatic rings. The lowest BCUT2D eigenvalue weighted by atomic mass is 10.0. The van der Waals surface area contributed by atoms with Gasteiger partial charge in [0.2, 0.25) is 0 Å². The normalized spacial score (nSPS) is 11.5. The maximum atomic E-state index is 4.08. The Labute approximate surface area is 275 Å². The quantitative estimate of drug-likeness (QED) is 0.176. The van der Waals surface area contributed by atoms with Crippen molar-refractivity contribution in [1.82, 2.24) is 4.57 Å². The third-order valence-corrected chi connectivity index (χ3v) is 9.03. The minimum absolute atomic E-state index is 1.09. The number of hydrogen-bond acceptors (Lipinski definition) is 1. The molecule has 1 heterocycles. The molecule has 0 radical (unpaired) electrons. The molecule has 8 rings (SSSR count). The van der Waals surface area contributed by atoms with E-state index in [9.17, 15) is 0 Å². The van der Waals surface area contributed by atoms with Gasteiger partial charge in [-0.05, 0) is 107 Å². The summed E-state index contributed by atoms with van der Waals surface area (Å²) < 4.78 is 2.39. The summed E-state index contributed by atoms with van der Waals surface area (Å²) in [6.45, 7) is 6.11. The Kier molecular flexibility index (Phi) is 7.24. The summed E-state index contributed by atoms with van der Waals surface area (Å²) in [5, 5.41) is 5.06. The van der Waals surface area contributed by atoms with Gasteiger partial charge in [-0.3, -0.25) is 0 Å². The van der Waals surface area contributed by atoms with Crippen LogP contribution in [0.25, 0.3) is 61.5 Å². The van der Waals surface area contributed by atoms with Crippen molar-refractivity contribution in [3.63, 3.8) is 0 Å². The largest absolute Gasteiger partial charge is 0.310 e. The number of aromatic nitrogens is 1. The van der Waals surface area contributed by atoms with Crippen LogP contribution in [0.4, 0.5) is 17.1 Å². The Morgan fingerprint density at radius 1 is 0.511 bits per heavy atom. The van der Waals surface area contributed by atoms with Crippen molar-refractivity contribution in [3.05, 3.63) is 182 Å². The fourth-order valence-electron chi connectivity index (χ4n) is 6.77. The van der Waals surface area contributed by atoms with Crippen molar-refractivity contribution in [2.75, 3.05) is 4.90 Å². The molecule has 0 amide bonds. The second kappa shape index (κ2) is 12.0. The molecule has 7 aromatic carbocycles. The van der Waals surface area contributed by atoms with Gasteiger partial charge in [0.1, 0.15) is 0 Å². The molecule has 0 aliphatic heterocycles. The van der Waals surface area contributed by atoms with Gasteiger partial charge < -0.3 is 9.47 Å². The predicted molar refractivity (Wildman–Crippen MR) is 203 cm³/mol. The maximum absolute atomic E-state index is 4.08. The van der Waals surface area contributed by atoms with Gasteiger partial charge in [0.25, 0.3) is 0 Å². The van der Waals surface area contributed by atoms with Crippen LogP contribution in [0.2, 0.25) is 0 Å². The average Bonchev–Trinajstić information content (AvgIpc) is 3.45. The SMILES string of the molecule is C=Cc1cc(N(c2ccccc2)c2ccc(-c3ccc(-n4c5ccccc5c5cc6ccccc6cc54)cc3)cc2)ccc1/C=C\C. The average molecular weight is 603 g/mol. The first-order chi connectivity index (χ1) is 23.2. The van der Waals surface area contributed by atoms with Crippen LogP contribution in [0.3, 0.4) is 0 Å². The number of allylic oxidation sites excluding steroid dienone is 1. The number of para-hydroxylation sites is 2. The number of benzene rings is 7. The van der Waals surface area contributed by atoms with E-state index in [0.29, 0.717) is 0 Å². The van der Waals surface area contributed by atoms with Gasteiger partial charge in [-0.2, -0.15) is 0 Å². The highest BCUT2D eigenvalue weighted by Crippen LogP contribution is 2.38. The zero-order chi connectivity index (χ0) is 31.7. The molecule has 0 aliphatic carbocycles. The fourth-order valence-corrected chi connectivity index (χ4v) is 6.77. The van der Waals surface area contributed by atoms with Crippen LogP contribution in [0.15, 0.2) is 170 Å². The van der Waals surface area contributed by atoms with E-state index in [0.717, 1.165) is 33.9 Å². The third-order valence-electron chi connectivity index (χ3n) is 9.03. The van der Waals surface area contributed by atoms with Crippen molar-refractivity contribution in [2.45, 2.75) is 6.92 Å². The maximum Gasteiger partial charge on any atom is 0.0547 e. The Bertz CT molecular complexity index is 2410. The van der Waals surface area contributed by atoms with Gasteiger partial charge in [0.15, 0.2) is 0 Å². The molecule has 8 aromatic rings. The van der Waals surface area contributed by atoms with Crippen molar-refractivity contribution < 1.29 is 0 Å². The molecule has 0 bridgehead atoms. The third kappa shape index (κ3) is 5.10. The molecular weight excluding hydrogens is 569 g/mol. The van der Waals surface area contributed by atoms with Gasteiger partial charge in [0, 0.05) is 33.5 Å². The topological polar surface area (TPSA) is 8.17 Å². The molecule has 2 nitrogen and oxygen atoms in total. The van der Waals surface area contributed by atoms with E-state index in [1.165, 1.54) is 43.7 Å². The molecule has 1 aromatic heterocycles. The molecular formula is C45H34N2. The lowest BCUT2D eigenvalue weighted by Crippen LogP contribution is -2.10. The monoisotopic (exact) mass is 602 g/mol. The number of nitrogens with zero attached hydrogens (tertiary/aromatic N) is 2. The van der Waals surface area contributed by atoms with Crippen LogP contribution in [-0.4, -0.2) is 4.57 Å². The van der Waals surface area contributed by atoms with Crippen molar-refractivity contribution in [3.8, 4) is 16.8 Å². The van der Waals surface area contributed by atoms with E-state index < -0.39 is 0 Å². The van der Waals surface area contributed by atoms with E-state index in [1.54, 1.807) is 0 Å². The Morgan fingerprint density at radius 3 is 1.85 bits per heavy atom. The van der Waals surface area contributed by atoms with E-state index in [1.807, 2.05) is 13.0 Å². The summed E-state index contributed by atoms with van der Waals surface area (Å²) in [5.74, 6) is 0. The zero-order valence-electron chi connectivity index (χ0n) is 26.3. The molecule has 47 heavy (non-hydrogen) atoms. The minimum Gasteiger partial charge on any atom is -0.310 e. The molecule has 0 spiro atoms. The van der Waals surface area contributed by atoms with E-state index in [2.05, 4.69) is 186 Å². The smallest absolute Gasteiger partial charge is 0.0547 e. The molecule has 224 valence electrons. The summed E-state index contributed by atoms with van der Waals surface area (Å²) in [5.41, 5.74) is 11.5. The van der Waals surface area contributed by atoms with Crippen LogP contribution < -0.4 is 4.90 Å². The highest BCUT2D eigenvalue weighted by molar-refractivity contribution is 6.13. The number of rotatable bonds is 7. The number of fused-ring (bicyclic) bond motifs is 4. The first-order valence-corrected chi connectivity index (χ1v) is 16.1. The zero-order valence-corrected chi connectivity index (χ0v) is 26.3. The Balaban J connectivity index is 1.16. The summed E-state index contributed by atoms with van der Waals surface area (Å²) in [7, 11) is 0. The van der Waals surface area contributed by atoms with Gasteiger partial charge in [0.05, 0.1) is 11.0 Å². The van der Waals surface area contributed by atoms with Gasteiger partial charge in [-0.25, -0.2) is 0 Å². The van der Waals surface area contributed by atoms with Crippen LogP contribution in [0, 0.1) is 0 Å². The lowest BCUT2D eigenvalue weighted by molar-refractivity contribution is 1.18. The Hall–Kier alpha value is -6.12. The van der Waals surface area contributed by atoms with Crippen molar-refractivity contribution >= 4 is 61.8 Å². The van der Waals surface area contributed by atoms with E-state index >= 15 is 0 Å². The van der Waals surface area contributed by atoms with Crippen LogP contribution in [0.5, 0.6) is 0 Å². The van der Waals surface area contributed by atoms with E-state index in [-0.39, 0.29) is 0 Å². The molecule has 0 unspecified atom stereocenters. The summed E-state index contributed by atoms with van der Waals surface area (Å²) in [6, 6.07) is 56.8. The van der Waals surface area contributed by atoms with Crippen molar-refractivity contribution in [1.29, 1.82) is 0 Å². The Morgan fingerprint density at radius 2 is 1.13 bits per heavy atom. The van der Waals surface area contributed by atoms with Gasteiger partial charge in [-0.1, -0.05) is 116 Å². The van der Waals surface area contributed by atoms with E-state index in [4.69, 9.17) is 0 Å². The predicted octanol–water partition coefficient (Wildman–Crippen LogP) is 12.7. The molecule has 0 atom stereocenters. The fraction of sp³-hybridized carbons (Fsp3) is 0.0222. The van der Waals surface area contributed by atoms with Crippen LogP contribution in [0.1, 0.15) is 18.1 Å². The second-order valence-electron chi connectivity index (χ2n) is 11.9.